The van der Waals surface area contributed by atoms with Gasteiger partial charge in [-0.1, -0.05) is 30.0 Å². The number of methoxy groups -OCH3 is 1. The maximum atomic E-state index is 11.7. The Kier molecular flexibility index (Phi) is 5.77. The van der Waals surface area contributed by atoms with Crippen molar-refractivity contribution in [3.05, 3.63) is 36.7 Å². The third-order valence-electron chi connectivity index (χ3n) is 2.65. The van der Waals surface area contributed by atoms with Crippen LogP contribution in [0.2, 0.25) is 0 Å². The number of amides is 1. The van der Waals surface area contributed by atoms with Crippen LogP contribution < -0.4 is 5.32 Å². The normalized spacial score (nSPS) is 12.1. The second-order valence-corrected chi connectivity index (χ2v) is 5.46. The SMILES string of the molecule is COC[C@@H](C)NC(=O)CSc1ncn(-c2ccccc2)n1. The lowest BCUT2D eigenvalue weighted by molar-refractivity contribution is -0.119. The van der Waals surface area contributed by atoms with Gasteiger partial charge in [-0.15, -0.1) is 5.10 Å². The van der Waals surface area contributed by atoms with Gasteiger partial charge in [0.05, 0.1) is 18.0 Å². The molecule has 1 heterocycles. The molecule has 1 atom stereocenters. The molecule has 2 aromatic rings. The van der Waals surface area contributed by atoms with E-state index in [1.165, 1.54) is 11.8 Å². The van der Waals surface area contributed by atoms with Crippen molar-refractivity contribution < 1.29 is 9.53 Å². The Morgan fingerprint density at radius 3 is 2.90 bits per heavy atom. The minimum absolute atomic E-state index is 0.00191. The van der Waals surface area contributed by atoms with Crippen molar-refractivity contribution in [1.29, 1.82) is 0 Å². The molecular formula is C14H18N4O2S. The zero-order chi connectivity index (χ0) is 15.1. The molecule has 0 unspecified atom stereocenters. The highest BCUT2D eigenvalue weighted by Gasteiger charge is 2.10. The Balaban J connectivity index is 1.84. The van der Waals surface area contributed by atoms with E-state index in [1.54, 1.807) is 18.1 Å². The van der Waals surface area contributed by atoms with Crippen molar-refractivity contribution in [3.8, 4) is 5.69 Å². The number of nitrogens with one attached hydrogen (secondary N) is 1. The molecule has 0 aliphatic heterocycles. The molecule has 1 aromatic heterocycles. The maximum absolute atomic E-state index is 11.7. The van der Waals surface area contributed by atoms with Crippen LogP contribution in [0.3, 0.4) is 0 Å². The lowest BCUT2D eigenvalue weighted by atomic mass is 10.3. The standard InChI is InChI=1S/C14H18N4O2S/c1-11(8-20-2)16-13(19)9-21-14-15-10-18(17-14)12-6-4-3-5-7-12/h3-7,10-11H,8-9H2,1-2H3,(H,16,19)/t11-/m1/s1. The van der Waals surface area contributed by atoms with Crippen LogP contribution in [0.25, 0.3) is 5.69 Å². The molecule has 0 radical (unpaired) electrons. The molecule has 1 amide bonds. The zero-order valence-electron chi connectivity index (χ0n) is 12.0. The van der Waals surface area contributed by atoms with Gasteiger partial charge in [0.2, 0.25) is 11.1 Å². The van der Waals surface area contributed by atoms with E-state index >= 15 is 0 Å². The molecule has 0 spiro atoms. The average Bonchev–Trinajstić information content (AvgIpc) is 2.95. The number of carbonyl (C=O) groups is 1. The van der Waals surface area contributed by atoms with E-state index in [-0.39, 0.29) is 17.7 Å². The van der Waals surface area contributed by atoms with Crippen molar-refractivity contribution in [3.63, 3.8) is 0 Å². The number of nitrogens with zero attached hydrogens (tertiary/aromatic N) is 3. The molecule has 0 aliphatic carbocycles. The van der Waals surface area contributed by atoms with E-state index in [1.807, 2.05) is 37.3 Å². The fourth-order valence-corrected chi connectivity index (χ4v) is 2.37. The maximum Gasteiger partial charge on any atom is 0.230 e. The van der Waals surface area contributed by atoms with Gasteiger partial charge < -0.3 is 10.1 Å². The fraction of sp³-hybridized carbons (Fsp3) is 0.357. The number of para-hydroxylation sites is 1. The zero-order valence-corrected chi connectivity index (χ0v) is 12.8. The molecule has 0 fully saturated rings. The van der Waals surface area contributed by atoms with E-state index in [4.69, 9.17) is 4.74 Å². The average molecular weight is 306 g/mol. The van der Waals surface area contributed by atoms with Crippen LogP contribution in [0.4, 0.5) is 0 Å². The Morgan fingerprint density at radius 2 is 2.19 bits per heavy atom. The van der Waals surface area contributed by atoms with Crippen LogP contribution in [0.15, 0.2) is 41.8 Å². The summed E-state index contributed by atoms with van der Waals surface area (Å²) in [5, 5.41) is 7.75. The summed E-state index contributed by atoms with van der Waals surface area (Å²) in [5.74, 6) is 0.230. The summed E-state index contributed by atoms with van der Waals surface area (Å²) >= 11 is 1.31. The first-order valence-electron chi connectivity index (χ1n) is 6.57. The quantitative estimate of drug-likeness (QED) is 0.785. The third-order valence-corrected chi connectivity index (χ3v) is 3.50. The predicted molar refractivity (Wildman–Crippen MR) is 81.6 cm³/mol. The Bertz CT molecular complexity index is 573. The van der Waals surface area contributed by atoms with Crippen LogP contribution in [0.5, 0.6) is 0 Å². The number of carbonyl (C=O) groups excluding carboxylic acids is 1. The van der Waals surface area contributed by atoms with Crippen molar-refractivity contribution in [2.45, 2.75) is 18.1 Å². The highest BCUT2D eigenvalue weighted by molar-refractivity contribution is 7.99. The van der Waals surface area contributed by atoms with E-state index in [9.17, 15) is 4.79 Å². The van der Waals surface area contributed by atoms with Crippen LogP contribution in [0.1, 0.15) is 6.92 Å². The molecule has 21 heavy (non-hydrogen) atoms. The highest BCUT2D eigenvalue weighted by atomic mass is 32.2. The molecule has 7 heteroatoms. The highest BCUT2D eigenvalue weighted by Crippen LogP contribution is 2.13. The van der Waals surface area contributed by atoms with Crippen LogP contribution in [-0.2, 0) is 9.53 Å². The number of benzene rings is 1. The van der Waals surface area contributed by atoms with Gasteiger partial charge >= 0.3 is 0 Å². The topological polar surface area (TPSA) is 69.0 Å². The lowest BCUT2D eigenvalue weighted by Crippen LogP contribution is -2.36. The second kappa shape index (κ2) is 7.80. The smallest absolute Gasteiger partial charge is 0.230 e. The summed E-state index contributed by atoms with van der Waals surface area (Å²) in [6.07, 6.45) is 1.64. The first-order valence-corrected chi connectivity index (χ1v) is 7.56. The fourth-order valence-electron chi connectivity index (χ4n) is 1.76. The monoisotopic (exact) mass is 306 g/mol. The number of hydrogen-bond acceptors (Lipinski definition) is 5. The first kappa shape index (κ1) is 15.5. The molecule has 0 bridgehead atoms. The number of thioether (sulfide) groups is 1. The van der Waals surface area contributed by atoms with Gasteiger partial charge in [0.15, 0.2) is 0 Å². The van der Waals surface area contributed by atoms with Crippen LogP contribution in [0, 0.1) is 0 Å². The number of rotatable bonds is 7. The Morgan fingerprint density at radius 1 is 1.43 bits per heavy atom. The van der Waals surface area contributed by atoms with E-state index in [0.29, 0.717) is 11.8 Å². The number of aromatic nitrogens is 3. The van der Waals surface area contributed by atoms with E-state index in [0.717, 1.165) is 5.69 Å². The van der Waals surface area contributed by atoms with Gasteiger partial charge in [-0.25, -0.2) is 9.67 Å². The van der Waals surface area contributed by atoms with Crippen molar-refractivity contribution >= 4 is 17.7 Å². The number of ether oxygens (including phenoxy) is 1. The van der Waals surface area contributed by atoms with Gasteiger partial charge in [0.1, 0.15) is 6.33 Å². The molecule has 2 rings (SSSR count). The molecule has 6 nitrogen and oxygen atoms in total. The first-order chi connectivity index (χ1) is 10.2. The van der Waals surface area contributed by atoms with Gasteiger partial charge in [-0.05, 0) is 19.1 Å². The van der Waals surface area contributed by atoms with Crippen molar-refractivity contribution in [2.75, 3.05) is 19.5 Å². The summed E-state index contributed by atoms with van der Waals surface area (Å²) in [7, 11) is 1.61. The van der Waals surface area contributed by atoms with Crippen molar-refractivity contribution in [1.82, 2.24) is 20.1 Å². The second-order valence-electron chi connectivity index (χ2n) is 4.52. The summed E-state index contributed by atoms with van der Waals surface area (Å²) in [5.41, 5.74) is 0.940. The lowest BCUT2D eigenvalue weighted by Gasteiger charge is -2.11. The molecule has 112 valence electrons. The molecule has 0 aliphatic rings. The third kappa shape index (κ3) is 4.87. The largest absolute Gasteiger partial charge is 0.383 e. The van der Waals surface area contributed by atoms with E-state index < -0.39 is 0 Å². The van der Waals surface area contributed by atoms with Crippen LogP contribution >= 0.6 is 11.8 Å². The van der Waals surface area contributed by atoms with Gasteiger partial charge in [-0.2, -0.15) is 0 Å². The van der Waals surface area contributed by atoms with Crippen LogP contribution in [-0.4, -0.2) is 46.2 Å². The summed E-state index contributed by atoms with van der Waals surface area (Å²) in [6, 6.07) is 9.72. The minimum Gasteiger partial charge on any atom is -0.383 e. The Hall–Kier alpha value is -1.86. The summed E-state index contributed by atoms with van der Waals surface area (Å²) in [6.45, 7) is 2.39. The number of hydrogen-bond donors (Lipinski definition) is 1. The summed E-state index contributed by atoms with van der Waals surface area (Å²) < 4.78 is 6.66. The molecular weight excluding hydrogens is 288 g/mol. The Labute approximate surface area is 127 Å². The van der Waals surface area contributed by atoms with Crippen molar-refractivity contribution in [2.24, 2.45) is 0 Å². The molecule has 0 saturated carbocycles. The molecule has 1 aromatic carbocycles. The molecule has 0 saturated heterocycles. The van der Waals surface area contributed by atoms with Gasteiger partial charge in [0.25, 0.3) is 0 Å². The van der Waals surface area contributed by atoms with Gasteiger partial charge in [-0.3, -0.25) is 4.79 Å². The van der Waals surface area contributed by atoms with Gasteiger partial charge in [0, 0.05) is 13.2 Å². The predicted octanol–water partition coefficient (Wildman–Crippen LogP) is 1.51. The summed E-state index contributed by atoms with van der Waals surface area (Å²) in [4.78, 5) is 15.9. The van der Waals surface area contributed by atoms with E-state index in [2.05, 4.69) is 15.4 Å². The molecule has 1 N–H and O–H groups in total. The minimum atomic E-state index is -0.0550.